The van der Waals surface area contributed by atoms with Gasteiger partial charge in [0.25, 0.3) is 0 Å². The molecule has 0 unspecified atom stereocenters. The molecule has 1 aromatic carbocycles. The highest BCUT2D eigenvalue weighted by atomic mass is 16.5. The Hall–Kier alpha value is -1.71. The fraction of sp³-hybridized carbons (Fsp3) is 0.462. The lowest BCUT2D eigenvalue weighted by molar-refractivity contribution is -0.115. The SMILES string of the molecule is Nc1cc2c(cc1OCCC1CC1)NC(=O)C2. The number of carbonyl (C=O) groups is 1. The molecule has 1 heterocycles. The van der Waals surface area contributed by atoms with Gasteiger partial charge in [0.1, 0.15) is 5.75 Å². The zero-order valence-electron chi connectivity index (χ0n) is 9.66. The summed E-state index contributed by atoms with van der Waals surface area (Å²) < 4.78 is 5.67. The number of hydrogen-bond donors (Lipinski definition) is 2. The molecule has 3 N–H and O–H groups in total. The molecule has 17 heavy (non-hydrogen) atoms. The predicted molar refractivity (Wildman–Crippen MR) is 66.0 cm³/mol. The molecule has 1 amide bonds. The number of fused-ring (bicyclic) bond motifs is 1. The third kappa shape index (κ3) is 2.20. The summed E-state index contributed by atoms with van der Waals surface area (Å²) in [5, 5.41) is 2.80. The molecule has 4 nitrogen and oxygen atoms in total. The molecule has 3 rings (SSSR count). The van der Waals surface area contributed by atoms with Crippen LogP contribution in [0.15, 0.2) is 12.1 Å². The van der Waals surface area contributed by atoms with Crippen LogP contribution in [0, 0.1) is 5.92 Å². The normalized spacial score (nSPS) is 17.8. The van der Waals surface area contributed by atoms with E-state index in [1.807, 2.05) is 12.1 Å². The van der Waals surface area contributed by atoms with Crippen LogP contribution in [-0.2, 0) is 11.2 Å². The molecule has 0 bridgehead atoms. The van der Waals surface area contributed by atoms with Crippen molar-refractivity contribution in [1.82, 2.24) is 0 Å². The van der Waals surface area contributed by atoms with Gasteiger partial charge in [-0.05, 0) is 24.0 Å². The van der Waals surface area contributed by atoms with E-state index >= 15 is 0 Å². The van der Waals surface area contributed by atoms with Gasteiger partial charge in [0.05, 0.1) is 18.7 Å². The van der Waals surface area contributed by atoms with Gasteiger partial charge in [0.2, 0.25) is 5.91 Å². The molecule has 90 valence electrons. The fourth-order valence-electron chi connectivity index (χ4n) is 2.14. The summed E-state index contributed by atoms with van der Waals surface area (Å²) in [4.78, 5) is 11.2. The minimum Gasteiger partial charge on any atom is -0.491 e. The number of rotatable bonds is 4. The third-order valence-electron chi connectivity index (χ3n) is 3.34. The lowest BCUT2D eigenvalue weighted by Crippen LogP contribution is -2.04. The topological polar surface area (TPSA) is 64.3 Å². The zero-order valence-corrected chi connectivity index (χ0v) is 9.66. The summed E-state index contributed by atoms with van der Waals surface area (Å²) in [5.74, 6) is 1.56. The predicted octanol–water partition coefficient (Wildman–Crippen LogP) is 1.94. The highest BCUT2D eigenvalue weighted by molar-refractivity contribution is 6.00. The van der Waals surface area contributed by atoms with Gasteiger partial charge in [0.15, 0.2) is 0 Å². The molecule has 1 aliphatic heterocycles. The van der Waals surface area contributed by atoms with Crippen LogP contribution in [0.4, 0.5) is 11.4 Å². The first kappa shape index (κ1) is 10.4. The summed E-state index contributed by atoms with van der Waals surface area (Å²) >= 11 is 0. The largest absolute Gasteiger partial charge is 0.491 e. The van der Waals surface area contributed by atoms with Crippen molar-refractivity contribution >= 4 is 17.3 Å². The zero-order chi connectivity index (χ0) is 11.8. The molecular weight excluding hydrogens is 216 g/mol. The van der Waals surface area contributed by atoms with Crippen LogP contribution < -0.4 is 15.8 Å². The summed E-state index contributed by atoms with van der Waals surface area (Å²) in [6, 6.07) is 3.67. The van der Waals surface area contributed by atoms with Crippen molar-refractivity contribution in [2.75, 3.05) is 17.7 Å². The number of nitrogens with one attached hydrogen (secondary N) is 1. The third-order valence-corrected chi connectivity index (χ3v) is 3.34. The van der Waals surface area contributed by atoms with Gasteiger partial charge in [-0.25, -0.2) is 0 Å². The fourth-order valence-corrected chi connectivity index (χ4v) is 2.14. The Kier molecular flexibility index (Phi) is 2.42. The standard InChI is InChI=1S/C13H16N2O2/c14-10-5-9-6-13(16)15-11(9)7-12(10)17-4-3-8-1-2-8/h5,7-8H,1-4,6,14H2,(H,15,16). The Balaban J connectivity index is 1.71. The molecule has 1 saturated carbocycles. The number of anilines is 2. The van der Waals surface area contributed by atoms with Gasteiger partial charge in [-0.2, -0.15) is 0 Å². The Morgan fingerprint density at radius 1 is 1.41 bits per heavy atom. The molecule has 0 aromatic heterocycles. The van der Waals surface area contributed by atoms with Crippen molar-refractivity contribution < 1.29 is 9.53 Å². The van der Waals surface area contributed by atoms with Crippen molar-refractivity contribution in [1.29, 1.82) is 0 Å². The maximum Gasteiger partial charge on any atom is 0.228 e. The Bertz CT molecular complexity index is 467. The Morgan fingerprint density at radius 3 is 3.00 bits per heavy atom. The molecule has 2 aliphatic rings. The number of ether oxygens (including phenoxy) is 1. The first-order valence-corrected chi connectivity index (χ1v) is 6.07. The Labute approximate surface area is 100 Å². The van der Waals surface area contributed by atoms with E-state index in [1.165, 1.54) is 12.8 Å². The molecule has 0 spiro atoms. The highest BCUT2D eigenvalue weighted by Crippen LogP contribution is 2.35. The maximum atomic E-state index is 11.2. The summed E-state index contributed by atoms with van der Waals surface area (Å²) in [6.45, 7) is 0.710. The van der Waals surface area contributed by atoms with E-state index in [9.17, 15) is 4.79 Å². The van der Waals surface area contributed by atoms with Gasteiger partial charge >= 0.3 is 0 Å². The minimum absolute atomic E-state index is 0.0227. The van der Waals surface area contributed by atoms with Crippen LogP contribution in [0.1, 0.15) is 24.8 Å². The van der Waals surface area contributed by atoms with Gasteiger partial charge < -0.3 is 15.8 Å². The van der Waals surface area contributed by atoms with E-state index in [4.69, 9.17) is 10.5 Å². The molecule has 0 atom stereocenters. The average molecular weight is 232 g/mol. The monoisotopic (exact) mass is 232 g/mol. The van der Waals surface area contributed by atoms with Crippen molar-refractivity contribution in [2.45, 2.75) is 25.7 Å². The van der Waals surface area contributed by atoms with E-state index in [0.717, 1.165) is 23.6 Å². The van der Waals surface area contributed by atoms with Crippen molar-refractivity contribution in [2.24, 2.45) is 5.92 Å². The second-order valence-corrected chi connectivity index (χ2v) is 4.85. The molecule has 1 aliphatic carbocycles. The van der Waals surface area contributed by atoms with E-state index in [1.54, 1.807) is 0 Å². The molecule has 0 saturated heterocycles. The number of carbonyl (C=O) groups excluding carboxylic acids is 1. The van der Waals surface area contributed by atoms with E-state index < -0.39 is 0 Å². The molecule has 1 fully saturated rings. The van der Waals surface area contributed by atoms with Crippen molar-refractivity contribution in [3.63, 3.8) is 0 Å². The molecular formula is C13H16N2O2. The molecule has 4 heteroatoms. The lowest BCUT2D eigenvalue weighted by Gasteiger charge is -2.10. The highest BCUT2D eigenvalue weighted by Gasteiger charge is 2.22. The second-order valence-electron chi connectivity index (χ2n) is 4.85. The number of hydrogen-bond acceptors (Lipinski definition) is 3. The number of benzene rings is 1. The number of nitrogens with two attached hydrogens (primary N) is 1. The molecule has 0 radical (unpaired) electrons. The lowest BCUT2D eigenvalue weighted by atomic mass is 10.1. The van der Waals surface area contributed by atoms with Crippen molar-refractivity contribution in [3.05, 3.63) is 17.7 Å². The number of nitrogen functional groups attached to an aromatic ring is 1. The Morgan fingerprint density at radius 2 is 2.24 bits per heavy atom. The first-order valence-electron chi connectivity index (χ1n) is 6.07. The van der Waals surface area contributed by atoms with Crippen LogP contribution >= 0.6 is 0 Å². The minimum atomic E-state index is 0.0227. The average Bonchev–Trinajstić information content (AvgIpc) is 3.02. The van der Waals surface area contributed by atoms with Crippen molar-refractivity contribution in [3.8, 4) is 5.75 Å². The van der Waals surface area contributed by atoms with Gasteiger partial charge in [-0.3, -0.25) is 4.79 Å². The quantitative estimate of drug-likeness (QED) is 0.780. The van der Waals surface area contributed by atoms with Crippen LogP contribution in [0.2, 0.25) is 0 Å². The first-order chi connectivity index (χ1) is 8.22. The van der Waals surface area contributed by atoms with E-state index in [0.29, 0.717) is 24.5 Å². The summed E-state index contributed by atoms with van der Waals surface area (Å²) in [6.07, 6.45) is 4.18. The van der Waals surface area contributed by atoms with Crippen LogP contribution in [-0.4, -0.2) is 12.5 Å². The summed E-state index contributed by atoms with van der Waals surface area (Å²) in [5.41, 5.74) is 8.33. The van der Waals surface area contributed by atoms with Gasteiger partial charge in [-0.1, -0.05) is 12.8 Å². The molecule has 1 aromatic rings. The van der Waals surface area contributed by atoms with Crippen LogP contribution in [0.3, 0.4) is 0 Å². The van der Waals surface area contributed by atoms with E-state index in [-0.39, 0.29) is 5.91 Å². The maximum absolute atomic E-state index is 11.2. The van der Waals surface area contributed by atoms with E-state index in [2.05, 4.69) is 5.32 Å². The van der Waals surface area contributed by atoms with Gasteiger partial charge in [0, 0.05) is 11.8 Å². The van der Waals surface area contributed by atoms with Gasteiger partial charge in [-0.15, -0.1) is 0 Å². The second kappa shape index (κ2) is 3.95. The van der Waals surface area contributed by atoms with Crippen LogP contribution in [0.5, 0.6) is 5.75 Å². The van der Waals surface area contributed by atoms with Crippen LogP contribution in [0.25, 0.3) is 0 Å². The number of amides is 1. The smallest absolute Gasteiger partial charge is 0.228 e. The summed E-state index contributed by atoms with van der Waals surface area (Å²) in [7, 11) is 0.